The van der Waals surface area contributed by atoms with E-state index < -0.39 is 0 Å². The van der Waals surface area contributed by atoms with Crippen molar-refractivity contribution >= 4 is 17.7 Å². The third-order valence-corrected chi connectivity index (χ3v) is 7.45. The second-order valence-electron chi connectivity index (χ2n) is 7.41. The van der Waals surface area contributed by atoms with Crippen LogP contribution in [0.2, 0.25) is 0 Å². The van der Waals surface area contributed by atoms with E-state index >= 15 is 0 Å². The van der Waals surface area contributed by atoms with Gasteiger partial charge in [0.15, 0.2) is 0 Å². The second kappa shape index (κ2) is 5.05. The fraction of sp³-hybridized carbons (Fsp3) is 0.611. The predicted octanol–water partition coefficient (Wildman–Crippen LogP) is 3.92. The Kier molecular flexibility index (Phi) is 3.29. The number of primary amides is 1. The lowest BCUT2D eigenvalue weighted by atomic mass is 9.56. The Balaban J connectivity index is 1.60. The highest BCUT2D eigenvalue weighted by Gasteiger charge is 2.52. The summed E-state index contributed by atoms with van der Waals surface area (Å²) in [6.07, 6.45) is 8.23. The van der Waals surface area contributed by atoms with Crippen molar-refractivity contribution in [3.05, 3.63) is 35.9 Å². The van der Waals surface area contributed by atoms with Crippen LogP contribution in [-0.2, 0) is 4.79 Å². The standard InChI is InChI=1S/C18H23NOS/c19-17(20)16(15-4-2-1-3-5-15)21-18-9-12-6-13(10-18)8-14(7-12)11-18/h1-5,12-14,16H,6-11H2,(H2,19,20). The molecule has 4 aliphatic carbocycles. The number of amides is 1. The Morgan fingerprint density at radius 3 is 2.05 bits per heavy atom. The molecule has 0 aromatic heterocycles. The maximum atomic E-state index is 12.0. The maximum Gasteiger partial charge on any atom is 0.235 e. The van der Waals surface area contributed by atoms with Gasteiger partial charge in [-0.25, -0.2) is 0 Å². The summed E-state index contributed by atoms with van der Waals surface area (Å²) in [5.74, 6) is 2.55. The van der Waals surface area contributed by atoms with Crippen LogP contribution in [0.15, 0.2) is 30.3 Å². The van der Waals surface area contributed by atoms with Crippen molar-refractivity contribution in [2.75, 3.05) is 0 Å². The molecule has 5 rings (SSSR count). The summed E-state index contributed by atoms with van der Waals surface area (Å²) >= 11 is 1.89. The Morgan fingerprint density at radius 1 is 1.05 bits per heavy atom. The van der Waals surface area contributed by atoms with Gasteiger partial charge in [-0.05, 0) is 61.8 Å². The molecule has 4 saturated carbocycles. The van der Waals surface area contributed by atoms with Gasteiger partial charge in [0.05, 0.1) is 0 Å². The lowest BCUT2D eigenvalue weighted by Crippen LogP contribution is -2.49. The Labute approximate surface area is 130 Å². The van der Waals surface area contributed by atoms with Gasteiger partial charge in [-0.15, -0.1) is 11.8 Å². The number of benzene rings is 1. The van der Waals surface area contributed by atoms with Crippen LogP contribution in [-0.4, -0.2) is 10.7 Å². The number of thioether (sulfide) groups is 1. The lowest BCUT2D eigenvalue weighted by Gasteiger charge is -2.57. The molecule has 21 heavy (non-hydrogen) atoms. The number of carbonyl (C=O) groups is 1. The number of carbonyl (C=O) groups excluding carboxylic acids is 1. The third kappa shape index (κ3) is 2.50. The average molecular weight is 301 g/mol. The fourth-order valence-electron chi connectivity index (χ4n) is 5.34. The summed E-state index contributed by atoms with van der Waals surface area (Å²) in [5.41, 5.74) is 6.81. The van der Waals surface area contributed by atoms with Gasteiger partial charge in [0, 0.05) is 4.75 Å². The Hall–Kier alpha value is -0.960. The van der Waals surface area contributed by atoms with Crippen molar-refractivity contribution in [3.8, 4) is 0 Å². The summed E-state index contributed by atoms with van der Waals surface area (Å²) in [7, 11) is 0. The summed E-state index contributed by atoms with van der Waals surface area (Å²) in [5, 5.41) is -0.178. The first-order chi connectivity index (χ1) is 10.1. The molecule has 2 N–H and O–H groups in total. The highest BCUT2D eigenvalue weighted by molar-refractivity contribution is 8.01. The van der Waals surface area contributed by atoms with Crippen molar-refractivity contribution in [2.24, 2.45) is 23.5 Å². The molecule has 0 spiro atoms. The van der Waals surface area contributed by atoms with E-state index in [0.717, 1.165) is 23.3 Å². The van der Waals surface area contributed by atoms with Gasteiger partial charge in [0.2, 0.25) is 5.91 Å². The molecule has 1 aromatic rings. The molecule has 0 aliphatic heterocycles. The summed E-state index contributed by atoms with van der Waals surface area (Å²) in [6, 6.07) is 10.1. The van der Waals surface area contributed by atoms with Crippen molar-refractivity contribution in [2.45, 2.75) is 48.5 Å². The number of nitrogens with two attached hydrogens (primary N) is 1. The van der Waals surface area contributed by atoms with Crippen LogP contribution in [0.1, 0.15) is 49.3 Å². The first-order valence-corrected chi connectivity index (χ1v) is 9.04. The fourth-order valence-corrected chi connectivity index (χ4v) is 7.25. The van der Waals surface area contributed by atoms with Gasteiger partial charge in [0.1, 0.15) is 5.25 Å². The molecule has 4 aliphatic rings. The average Bonchev–Trinajstić information content (AvgIpc) is 2.44. The molecule has 4 bridgehead atoms. The highest BCUT2D eigenvalue weighted by Crippen LogP contribution is 2.62. The van der Waals surface area contributed by atoms with Crippen LogP contribution in [0, 0.1) is 17.8 Å². The van der Waals surface area contributed by atoms with E-state index in [4.69, 9.17) is 5.73 Å². The minimum atomic E-state index is -0.179. The monoisotopic (exact) mass is 301 g/mol. The molecule has 1 atom stereocenters. The SMILES string of the molecule is NC(=O)C(SC12CC3CC(CC(C3)C1)C2)c1ccccc1. The zero-order chi connectivity index (χ0) is 14.4. The lowest BCUT2D eigenvalue weighted by molar-refractivity contribution is -0.117. The van der Waals surface area contributed by atoms with E-state index in [1.165, 1.54) is 38.5 Å². The normalized spacial score (nSPS) is 38.4. The van der Waals surface area contributed by atoms with E-state index in [1.807, 2.05) is 42.1 Å². The molecule has 3 heteroatoms. The molecular formula is C18H23NOS. The van der Waals surface area contributed by atoms with E-state index in [-0.39, 0.29) is 11.2 Å². The van der Waals surface area contributed by atoms with Crippen LogP contribution in [0.4, 0.5) is 0 Å². The molecular weight excluding hydrogens is 278 g/mol. The minimum Gasteiger partial charge on any atom is -0.368 e. The van der Waals surface area contributed by atoms with E-state index in [1.54, 1.807) is 0 Å². The largest absolute Gasteiger partial charge is 0.368 e. The molecule has 4 fully saturated rings. The predicted molar refractivity (Wildman–Crippen MR) is 86.9 cm³/mol. The van der Waals surface area contributed by atoms with Gasteiger partial charge < -0.3 is 5.73 Å². The number of rotatable bonds is 4. The van der Waals surface area contributed by atoms with Gasteiger partial charge in [-0.3, -0.25) is 4.79 Å². The Morgan fingerprint density at radius 2 is 1.57 bits per heavy atom. The molecule has 1 unspecified atom stereocenters. The molecule has 112 valence electrons. The van der Waals surface area contributed by atoms with Gasteiger partial charge >= 0.3 is 0 Å². The number of hydrogen-bond acceptors (Lipinski definition) is 2. The molecule has 0 heterocycles. The molecule has 1 amide bonds. The van der Waals surface area contributed by atoms with E-state index in [9.17, 15) is 4.79 Å². The van der Waals surface area contributed by atoms with Crippen molar-refractivity contribution < 1.29 is 4.79 Å². The van der Waals surface area contributed by atoms with Gasteiger partial charge in [-0.2, -0.15) is 0 Å². The van der Waals surface area contributed by atoms with Crippen LogP contribution >= 0.6 is 11.8 Å². The van der Waals surface area contributed by atoms with Crippen molar-refractivity contribution in [1.29, 1.82) is 0 Å². The number of hydrogen-bond donors (Lipinski definition) is 1. The zero-order valence-corrected chi connectivity index (χ0v) is 13.1. The Bertz CT molecular complexity index is 506. The molecule has 0 radical (unpaired) electrons. The van der Waals surface area contributed by atoms with Crippen molar-refractivity contribution in [3.63, 3.8) is 0 Å². The summed E-state index contributed by atoms with van der Waals surface area (Å²) < 4.78 is 0.324. The zero-order valence-electron chi connectivity index (χ0n) is 12.3. The topological polar surface area (TPSA) is 43.1 Å². The smallest absolute Gasteiger partial charge is 0.235 e. The van der Waals surface area contributed by atoms with E-state index in [0.29, 0.717) is 4.75 Å². The van der Waals surface area contributed by atoms with Crippen LogP contribution < -0.4 is 5.73 Å². The first-order valence-electron chi connectivity index (χ1n) is 8.16. The molecule has 2 nitrogen and oxygen atoms in total. The van der Waals surface area contributed by atoms with E-state index in [2.05, 4.69) is 0 Å². The quantitative estimate of drug-likeness (QED) is 0.916. The van der Waals surface area contributed by atoms with Crippen LogP contribution in [0.3, 0.4) is 0 Å². The summed E-state index contributed by atoms with van der Waals surface area (Å²) in [4.78, 5) is 12.0. The minimum absolute atomic E-state index is 0.178. The highest BCUT2D eigenvalue weighted by atomic mass is 32.2. The van der Waals surface area contributed by atoms with Crippen LogP contribution in [0.25, 0.3) is 0 Å². The second-order valence-corrected chi connectivity index (χ2v) is 8.98. The van der Waals surface area contributed by atoms with Crippen LogP contribution in [0.5, 0.6) is 0 Å². The third-order valence-electron chi connectivity index (χ3n) is 5.71. The first kappa shape index (κ1) is 13.7. The van der Waals surface area contributed by atoms with Gasteiger partial charge in [-0.1, -0.05) is 30.3 Å². The maximum absolute atomic E-state index is 12.0. The van der Waals surface area contributed by atoms with Crippen molar-refractivity contribution in [1.82, 2.24) is 0 Å². The van der Waals surface area contributed by atoms with Gasteiger partial charge in [0.25, 0.3) is 0 Å². The summed E-state index contributed by atoms with van der Waals surface area (Å²) in [6.45, 7) is 0. The molecule has 1 aromatic carbocycles. The molecule has 0 saturated heterocycles.